The highest BCUT2D eigenvalue weighted by molar-refractivity contribution is 7.18. The van der Waals surface area contributed by atoms with Gasteiger partial charge in [0.25, 0.3) is 0 Å². The van der Waals surface area contributed by atoms with Gasteiger partial charge in [0.1, 0.15) is 5.75 Å². The van der Waals surface area contributed by atoms with E-state index in [4.69, 9.17) is 22.1 Å². The Morgan fingerprint density at radius 1 is 1.26 bits per heavy atom. The normalized spacial score (nSPS) is 10.6. The van der Waals surface area contributed by atoms with E-state index in [1.807, 2.05) is 19.1 Å². The zero-order chi connectivity index (χ0) is 16.4. The third-order valence-corrected chi connectivity index (χ3v) is 4.41. The monoisotopic (exact) mass is 347 g/mol. The molecule has 3 rings (SSSR count). The van der Waals surface area contributed by atoms with Crippen LogP contribution in [0, 0.1) is 6.92 Å². The Morgan fingerprint density at radius 2 is 2.09 bits per heavy atom. The van der Waals surface area contributed by atoms with Crippen molar-refractivity contribution < 1.29 is 4.74 Å². The van der Waals surface area contributed by atoms with Crippen LogP contribution in [0.1, 0.15) is 5.69 Å². The molecule has 118 valence electrons. The van der Waals surface area contributed by atoms with E-state index in [1.165, 1.54) is 11.3 Å². The number of halogens is 1. The summed E-state index contributed by atoms with van der Waals surface area (Å²) in [6, 6.07) is 7.21. The van der Waals surface area contributed by atoms with Crippen molar-refractivity contribution in [2.75, 3.05) is 18.2 Å². The van der Waals surface area contributed by atoms with Crippen LogP contribution in [0.25, 0.3) is 10.6 Å². The first-order valence-electron chi connectivity index (χ1n) is 6.73. The Morgan fingerprint density at radius 3 is 2.74 bits per heavy atom. The van der Waals surface area contributed by atoms with Gasteiger partial charge in [0.05, 0.1) is 28.4 Å². The van der Waals surface area contributed by atoms with E-state index in [9.17, 15) is 0 Å². The summed E-state index contributed by atoms with van der Waals surface area (Å²) in [4.78, 5) is 13.9. The van der Waals surface area contributed by atoms with Gasteiger partial charge in [0.15, 0.2) is 5.13 Å². The Hall–Kier alpha value is -2.38. The van der Waals surface area contributed by atoms with Crippen molar-refractivity contribution in [2.45, 2.75) is 6.92 Å². The number of nitrogen functional groups attached to an aromatic ring is 1. The number of methoxy groups -OCH3 is 1. The highest BCUT2D eigenvalue weighted by atomic mass is 35.5. The number of benzene rings is 1. The minimum absolute atomic E-state index is 0.468. The Balaban J connectivity index is 1.88. The largest absolute Gasteiger partial charge is 0.495 e. The maximum absolute atomic E-state index is 6.12. The molecule has 0 aliphatic heterocycles. The standard InChI is InChI=1S/C15H14ClN5OS/c1-8-13(23-14(17)19-8)11-5-6-18-15(21-11)20-9-3-4-12(22-2)10(16)7-9/h3-7H,1-2H3,(H2,17,19)(H,18,20,21). The summed E-state index contributed by atoms with van der Waals surface area (Å²) in [6.45, 7) is 1.90. The lowest BCUT2D eigenvalue weighted by molar-refractivity contribution is 0.415. The number of hydrogen-bond acceptors (Lipinski definition) is 7. The molecule has 3 aromatic rings. The van der Waals surface area contributed by atoms with Crippen molar-refractivity contribution in [2.24, 2.45) is 0 Å². The number of aryl methyl sites for hydroxylation is 1. The average Bonchev–Trinajstić information content (AvgIpc) is 2.86. The number of nitrogens with one attached hydrogen (secondary N) is 1. The number of nitrogens with zero attached hydrogens (tertiary/aromatic N) is 3. The van der Waals surface area contributed by atoms with Crippen LogP contribution >= 0.6 is 22.9 Å². The van der Waals surface area contributed by atoms with E-state index < -0.39 is 0 Å². The number of rotatable bonds is 4. The van der Waals surface area contributed by atoms with Crippen molar-refractivity contribution in [1.82, 2.24) is 15.0 Å². The van der Waals surface area contributed by atoms with Gasteiger partial charge in [-0.25, -0.2) is 15.0 Å². The maximum Gasteiger partial charge on any atom is 0.227 e. The fourth-order valence-electron chi connectivity index (χ4n) is 2.07. The van der Waals surface area contributed by atoms with Gasteiger partial charge >= 0.3 is 0 Å². The van der Waals surface area contributed by atoms with Gasteiger partial charge in [0, 0.05) is 11.9 Å². The lowest BCUT2D eigenvalue weighted by atomic mass is 10.3. The van der Waals surface area contributed by atoms with E-state index in [0.29, 0.717) is 21.9 Å². The number of nitrogens with two attached hydrogens (primary N) is 1. The lowest BCUT2D eigenvalue weighted by Crippen LogP contribution is -1.98. The summed E-state index contributed by atoms with van der Waals surface area (Å²) in [5.74, 6) is 1.08. The van der Waals surface area contributed by atoms with Gasteiger partial charge < -0.3 is 15.8 Å². The smallest absolute Gasteiger partial charge is 0.227 e. The van der Waals surface area contributed by atoms with E-state index in [0.717, 1.165) is 22.0 Å². The van der Waals surface area contributed by atoms with Crippen molar-refractivity contribution in [3.05, 3.63) is 41.2 Å². The number of hydrogen-bond donors (Lipinski definition) is 2. The SMILES string of the molecule is COc1ccc(Nc2nccc(-c3sc(N)nc3C)n2)cc1Cl. The van der Waals surface area contributed by atoms with Gasteiger partial charge in [-0.15, -0.1) is 0 Å². The molecule has 0 fully saturated rings. The molecule has 0 saturated carbocycles. The molecule has 1 aromatic carbocycles. The molecule has 0 unspecified atom stereocenters. The summed E-state index contributed by atoms with van der Waals surface area (Å²) < 4.78 is 5.13. The molecule has 3 N–H and O–H groups in total. The van der Waals surface area contributed by atoms with E-state index >= 15 is 0 Å². The molecule has 23 heavy (non-hydrogen) atoms. The fraction of sp³-hybridized carbons (Fsp3) is 0.133. The van der Waals surface area contributed by atoms with Crippen LogP contribution < -0.4 is 15.8 Å². The minimum atomic E-state index is 0.468. The molecule has 8 heteroatoms. The number of aromatic nitrogens is 3. The van der Waals surface area contributed by atoms with Crippen LogP contribution in [-0.4, -0.2) is 22.1 Å². The van der Waals surface area contributed by atoms with Crippen molar-refractivity contribution in [3.8, 4) is 16.3 Å². The lowest BCUT2D eigenvalue weighted by Gasteiger charge is -2.08. The van der Waals surface area contributed by atoms with E-state index in [1.54, 1.807) is 25.4 Å². The zero-order valence-corrected chi connectivity index (χ0v) is 14.1. The number of anilines is 3. The van der Waals surface area contributed by atoms with Crippen molar-refractivity contribution >= 4 is 39.7 Å². The predicted molar refractivity (Wildman–Crippen MR) is 93.6 cm³/mol. The van der Waals surface area contributed by atoms with E-state index in [2.05, 4.69) is 20.3 Å². The van der Waals surface area contributed by atoms with Crippen LogP contribution in [0.3, 0.4) is 0 Å². The minimum Gasteiger partial charge on any atom is -0.495 e. The second-order valence-corrected chi connectivity index (χ2v) is 6.14. The Labute approximate surface area is 142 Å². The van der Waals surface area contributed by atoms with Crippen LogP contribution in [0.5, 0.6) is 5.75 Å². The maximum atomic E-state index is 6.12. The molecule has 2 aromatic heterocycles. The van der Waals surface area contributed by atoms with Gasteiger partial charge in [-0.2, -0.15) is 0 Å². The highest BCUT2D eigenvalue weighted by Crippen LogP contribution is 2.31. The second-order valence-electron chi connectivity index (χ2n) is 4.71. The molecule has 0 spiro atoms. The molecule has 0 amide bonds. The quantitative estimate of drug-likeness (QED) is 0.744. The van der Waals surface area contributed by atoms with Gasteiger partial charge in [-0.05, 0) is 31.2 Å². The molecule has 0 radical (unpaired) electrons. The molecule has 6 nitrogen and oxygen atoms in total. The molecule has 0 aliphatic rings. The molecule has 0 aliphatic carbocycles. The number of thiazole rings is 1. The third kappa shape index (κ3) is 3.35. The molecule has 0 atom stereocenters. The second kappa shape index (κ2) is 6.39. The first-order valence-corrected chi connectivity index (χ1v) is 7.93. The first kappa shape index (κ1) is 15.5. The van der Waals surface area contributed by atoms with Crippen LogP contribution in [0.4, 0.5) is 16.8 Å². The number of ether oxygens (including phenoxy) is 1. The van der Waals surface area contributed by atoms with Crippen molar-refractivity contribution in [1.29, 1.82) is 0 Å². The van der Waals surface area contributed by atoms with Crippen LogP contribution in [0.15, 0.2) is 30.5 Å². The van der Waals surface area contributed by atoms with Gasteiger partial charge in [-0.3, -0.25) is 0 Å². The fourth-order valence-corrected chi connectivity index (χ4v) is 3.13. The molecule has 2 heterocycles. The third-order valence-electron chi connectivity index (χ3n) is 3.11. The predicted octanol–water partition coefficient (Wildman–Crippen LogP) is 3.90. The summed E-state index contributed by atoms with van der Waals surface area (Å²) in [7, 11) is 1.57. The molecule has 0 bridgehead atoms. The van der Waals surface area contributed by atoms with Crippen molar-refractivity contribution in [3.63, 3.8) is 0 Å². The van der Waals surface area contributed by atoms with Gasteiger partial charge in [0.2, 0.25) is 5.95 Å². The topological polar surface area (TPSA) is 86.0 Å². The van der Waals surface area contributed by atoms with Crippen LogP contribution in [0.2, 0.25) is 5.02 Å². The molecule has 0 saturated heterocycles. The first-order chi connectivity index (χ1) is 11.1. The summed E-state index contributed by atoms with van der Waals surface area (Å²) in [6.07, 6.45) is 1.69. The Bertz CT molecular complexity index is 852. The molecular weight excluding hydrogens is 334 g/mol. The molecular formula is C15H14ClN5OS. The van der Waals surface area contributed by atoms with Gasteiger partial charge in [-0.1, -0.05) is 22.9 Å². The highest BCUT2D eigenvalue weighted by Gasteiger charge is 2.11. The zero-order valence-electron chi connectivity index (χ0n) is 12.5. The van der Waals surface area contributed by atoms with E-state index in [-0.39, 0.29) is 0 Å². The Kier molecular flexibility index (Phi) is 4.31. The summed E-state index contributed by atoms with van der Waals surface area (Å²) >= 11 is 7.52. The average molecular weight is 348 g/mol. The summed E-state index contributed by atoms with van der Waals surface area (Å²) in [5, 5.41) is 4.16. The summed E-state index contributed by atoms with van der Waals surface area (Å²) in [5.41, 5.74) is 8.14. The van der Waals surface area contributed by atoms with Crippen LogP contribution in [-0.2, 0) is 0 Å².